The largest absolute Gasteiger partial charge is 0.469 e. The van der Waals surface area contributed by atoms with E-state index in [1.165, 1.54) is 20.3 Å². The van der Waals surface area contributed by atoms with E-state index in [0.29, 0.717) is 53.7 Å². The average Bonchev–Trinajstić information content (AvgIpc) is 4.03. The van der Waals surface area contributed by atoms with Gasteiger partial charge in [0.15, 0.2) is 6.23 Å². The fourth-order valence-corrected chi connectivity index (χ4v) is 10.1. The number of aromatic nitrogens is 5. The fourth-order valence-electron chi connectivity index (χ4n) is 10.1. The molecule has 344 valence electrons. The molecule has 3 fully saturated rings. The third kappa shape index (κ3) is 7.96. The number of likely N-dealkylation sites (tertiary alicyclic amines) is 2. The number of ether oxygens (including phenoxy) is 3. The third-order valence-corrected chi connectivity index (χ3v) is 13.9. The molecule has 2 aromatic carbocycles. The number of benzene rings is 2. The number of fused-ring (bicyclic) bond motifs is 5. The van der Waals surface area contributed by atoms with Crippen LogP contribution in [-0.2, 0) is 19.1 Å². The number of imidazole rings is 2. The number of carbonyl (C=O) groups excluding carboxylic acids is 4. The molecule has 6 heterocycles. The zero-order valence-corrected chi connectivity index (χ0v) is 38.2. The van der Waals surface area contributed by atoms with Gasteiger partial charge < -0.3 is 49.2 Å². The summed E-state index contributed by atoms with van der Waals surface area (Å²) >= 11 is 0. The van der Waals surface area contributed by atoms with Gasteiger partial charge in [0.2, 0.25) is 11.8 Å². The minimum atomic E-state index is -0.760. The summed E-state index contributed by atoms with van der Waals surface area (Å²) in [6.07, 6.45) is 5.71. The molecule has 0 radical (unpaired) electrons. The number of nitrogens with one attached hydrogen (secondary N) is 4. The van der Waals surface area contributed by atoms with Crippen LogP contribution in [0.15, 0.2) is 48.8 Å². The molecule has 9 rings (SSSR count). The van der Waals surface area contributed by atoms with E-state index in [2.05, 4.69) is 50.1 Å². The summed E-state index contributed by atoms with van der Waals surface area (Å²) in [7, 11) is 2.55. The van der Waals surface area contributed by atoms with Gasteiger partial charge in [0, 0.05) is 35.5 Å². The lowest BCUT2D eigenvalue weighted by molar-refractivity contribution is -0.136. The van der Waals surface area contributed by atoms with Crippen LogP contribution in [0.2, 0.25) is 0 Å². The van der Waals surface area contributed by atoms with Crippen molar-refractivity contribution in [1.29, 1.82) is 0 Å². The molecule has 0 spiro atoms. The van der Waals surface area contributed by atoms with E-state index < -0.39 is 30.1 Å². The first kappa shape index (κ1) is 43.8. The van der Waals surface area contributed by atoms with Gasteiger partial charge in [-0.25, -0.2) is 23.9 Å². The molecule has 16 nitrogen and oxygen atoms in total. The summed E-state index contributed by atoms with van der Waals surface area (Å²) in [5.74, 6) is 0.767. The first-order valence-electron chi connectivity index (χ1n) is 22.6. The van der Waals surface area contributed by atoms with Gasteiger partial charge in [-0.15, -0.1) is 0 Å². The normalized spacial score (nSPS) is 21.8. The fraction of sp³-hybridized carbons (Fsp3) is 0.500. The van der Waals surface area contributed by atoms with Crippen LogP contribution < -0.4 is 15.4 Å². The molecular weight excluding hydrogens is 834 g/mol. The summed E-state index contributed by atoms with van der Waals surface area (Å²) in [5, 5.41) is 6.30. The van der Waals surface area contributed by atoms with Crippen molar-refractivity contribution in [2.24, 2.45) is 23.2 Å². The predicted molar refractivity (Wildman–Crippen MR) is 240 cm³/mol. The lowest BCUT2D eigenvalue weighted by atomic mass is 10.0. The Kier molecular flexibility index (Phi) is 11.4. The summed E-state index contributed by atoms with van der Waals surface area (Å²) in [6.45, 7) is 13.0. The number of H-pyrrole nitrogens is 2. The number of carbonyl (C=O) groups is 4. The average molecular weight is 892 g/mol. The van der Waals surface area contributed by atoms with Crippen molar-refractivity contribution >= 4 is 34.9 Å². The van der Waals surface area contributed by atoms with Crippen LogP contribution in [0.3, 0.4) is 0 Å². The predicted octanol–water partition coefficient (Wildman–Crippen LogP) is 8.25. The maximum atomic E-state index is 16.8. The third-order valence-electron chi connectivity index (χ3n) is 13.9. The van der Waals surface area contributed by atoms with Crippen LogP contribution in [0, 0.1) is 29.0 Å². The SMILES string of the molecule is COC(=O)N[C@H](C(=O)N1CCC[C@H]1c1ncc(-c2cc(F)c3c(c2)OC(C2CC2(C)C)n2c-3cc3cc(-c4cnc([C@@H]5CCCN5C(=O)[C@@H](NC(=O)OC)C(C)C)[nH]4)ccc32)[nH]1)C(C)C. The number of halogens is 1. The van der Waals surface area contributed by atoms with Crippen LogP contribution in [0.1, 0.15) is 104 Å². The quantitative estimate of drug-likeness (QED) is 0.101. The van der Waals surface area contributed by atoms with Crippen molar-refractivity contribution in [3.05, 3.63) is 66.3 Å². The number of nitrogens with zero attached hydrogens (tertiary/aromatic N) is 5. The van der Waals surface area contributed by atoms with Crippen molar-refractivity contribution in [3.63, 3.8) is 0 Å². The molecule has 3 aliphatic heterocycles. The second-order valence-electron chi connectivity index (χ2n) is 19.3. The second kappa shape index (κ2) is 16.9. The molecule has 1 saturated carbocycles. The van der Waals surface area contributed by atoms with Gasteiger partial charge >= 0.3 is 12.2 Å². The summed E-state index contributed by atoms with van der Waals surface area (Å²) in [5.41, 5.74) is 4.90. The monoisotopic (exact) mass is 891 g/mol. The smallest absolute Gasteiger partial charge is 0.407 e. The van der Waals surface area contributed by atoms with Gasteiger partial charge in [-0.2, -0.15) is 0 Å². The molecule has 65 heavy (non-hydrogen) atoms. The summed E-state index contributed by atoms with van der Waals surface area (Å²) < 4.78 is 35.3. The van der Waals surface area contributed by atoms with Crippen LogP contribution >= 0.6 is 0 Å². The Hall–Kier alpha value is -6.39. The molecule has 4 amide bonds. The minimum Gasteiger partial charge on any atom is -0.469 e. The highest BCUT2D eigenvalue weighted by Crippen LogP contribution is 2.60. The molecule has 5 aromatic rings. The highest BCUT2D eigenvalue weighted by molar-refractivity contribution is 5.93. The molecular formula is C48H58FN9O7. The van der Waals surface area contributed by atoms with Crippen LogP contribution in [0.25, 0.3) is 44.7 Å². The molecule has 6 atom stereocenters. The Morgan fingerprint density at radius 3 is 1.85 bits per heavy atom. The maximum Gasteiger partial charge on any atom is 0.407 e. The number of rotatable bonds is 11. The van der Waals surface area contributed by atoms with Crippen LogP contribution in [0.4, 0.5) is 14.0 Å². The molecule has 3 aromatic heterocycles. The maximum absolute atomic E-state index is 16.8. The van der Waals surface area contributed by atoms with Gasteiger partial charge in [0.1, 0.15) is 35.3 Å². The van der Waals surface area contributed by atoms with E-state index >= 15 is 4.39 Å². The van der Waals surface area contributed by atoms with Gasteiger partial charge in [-0.05, 0) is 79.7 Å². The molecule has 2 unspecified atom stereocenters. The molecule has 1 aliphatic carbocycles. The first-order chi connectivity index (χ1) is 31.1. The highest BCUT2D eigenvalue weighted by Gasteiger charge is 2.54. The Morgan fingerprint density at radius 2 is 1.34 bits per heavy atom. The molecule has 4 N–H and O–H groups in total. The topological polar surface area (TPSA) is 189 Å². The van der Waals surface area contributed by atoms with E-state index in [-0.39, 0.29) is 53.3 Å². The summed E-state index contributed by atoms with van der Waals surface area (Å²) in [4.78, 5) is 71.6. The molecule has 4 aliphatic rings. The van der Waals surface area contributed by atoms with Crippen molar-refractivity contribution < 1.29 is 37.8 Å². The standard InChI is InChI=1S/C48H58FN9O7/c1-24(2)39(54-46(61)63-7)43(59)56-15-9-11-34(56)41-50-22-31(52-41)26-13-14-33-28(17-26)19-36-38-30(49)18-27(20-37(38)65-45(58(33)36)29-21-48(29,5)6)32-23-51-42(53-32)35-12-10-16-57(35)44(60)40(25(3)4)55-47(62)64-8/h13-14,17-20,22-25,29,34-35,39-40,45H,9-12,15-16,21H2,1-8H3,(H,50,52)(H,51,53)(H,54,61)(H,55,62)/t29?,34-,35-,39-,40-,45?/m0/s1. The lowest BCUT2D eigenvalue weighted by Gasteiger charge is -2.31. The highest BCUT2D eigenvalue weighted by atomic mass is 19.1. The van der Waals surface area contributed by atoms with Crippen molar-refractivity contribution in [2.75, 3.05) is 27.3 Å². The molecule has 0 bridgehead atoms. The Bertz CT molecular complexity index is 2670. The van der Waals surface area contributed by atoms with Crippen LogP contribution in [-0.4, -0.2) is 97.7 Å². The van der Waals surface area contributed by atoms with Crippen molar-refractivity contribution in [2.45, 2.75) is 104 Å². The lowest BCUT2D eigenvalue weighted by Crippen LogP contribution is -2.51. The van der Waals surface area contributed by atoms with Crippen molar-refractivity contribution in [1.82, 2.24) is 44.9 Å². The van der Waals surface area contributed by atoms with Gasteiger partial charge in [-0.1, -0.05) is 47.6 Å². The van der Waals surface area contributed by atoms with Gasteiger partial charge in [0.25, 0.3) is 0 Å². The van der Waals surface area contributed by atoms with E-state index in [1.54, 1.807) is 22.2 Å². The molecule has 2 saturated heterocycles. The van der Waals surface area contributed by atoms with Crippen molar-refractivity contribution in [3.8, 4) is 39.5 Å². The van der Waals surface area contributed by atoms with E-state index in [4.69, 9.17) is 19.2 Å². The minimum absolute atomic E-state index is 0.0301. The number of methoxy groups -OCH3 is 2. The zero-order chi connectivity index (χ0) is 46.1. The zero-order valence-electron chi connectivity index (χ0n) is 38.2. The van der Waals surface area contributed by atoms with E-state index in [0.717, 1.165) is 53.5 Å². The first-order valence-corrected chi connectivity index (χ1v) is 22.6. The summed E-state index contributed by atoms with van der Waals surface area (Å²) in [6, 6.07) is 9.43. The molecule has 17 heteroatoms. The van der Waals surface area contributed by atoms with Crippen LogP contribution in [0.5, 0.6) is 5.75 Å². The second-order valence-corrected chi connectivity index (χ2v) is 19.3. The number of hydrogen-bond acceptors (Lipinski definition) is 9. The number of aromatic amines is 2. The Labute approximate surface area is 377 Å². The van der Waals surface area contributed by atoms with E-state index in [9.17, 15) is 19.2 Å². The van der Waals surface area contributed by atoms with Gasteiger partial charge in [0.05, 0.1) is 66.9 Å². The number of amides is 4. The Balaban J connectivity index is 1.00. The number of hydrogen-bond donors (Lipinski definition) is 4. The van der Waals surface area contributed by atoms with E-state index in [1.807, 2.05) is 52.0 Å². The van der Waals surface area contributed by atoms with Gasteiger partial charge in [-0.3, -0.25) is 9.59 Å². The Morgan fingerprint density at radius 1 is 0.800 bits per heavy atom. The number of alkyl carbamates (subject to hydrolysis) is 2.